The number of rotatable bonds is 5. The first kappa shape index (κ1) is 13.4. The molecule has 21 heavy (non-hydrogen) atoms. The predicted octanol–water partition coefficient (Wildman–Crippen LogP) is 2.94. The zero-order valence-electron chi connectivity index (χ0n) is 11.5. The van der Waals surface area contributed by atoms with Crippen LogP contribution in [0.5, 0.6) is 5.75 Å². The summed E-state index contributed by atoms with van der Waals surface area (Å²) in [6, 6.07) is 17.8. The van der Waals surface area contributed by atoms with E-state index in [-0.39, 0.29) is 6.61 Å². The van der Waals surface area contributed by atoms with Gasteiger partial charge in [-0.1, -0.05) is 30.3 Å². The highest BCUT2D eigenvalue weighted by molar-refractivity contribution is 5.37. The molecule has 4 nitrogen and oxygen atoms in total. The number of hydrogen-bond acceptors (Lipinski definition) is 3. The third-order valence-electron chi connectivity index (χ3n) is 3.18. The zero-order valence-corrected chi connectivity index (χ0v) is 11.5. The number of nitrogens with zero attached hydrogens (tertiary/aromatic N) is 2. The topological polar surface area (TPSA) is 47.3 Å². The molecule has 2 aromatic carbocycles. The third kappa shape index (κ3) is 3.30. The molecule has 0 radical (unpaired) electrons. The van der Waals surface area contributed by atoms with Crippen LogP contribution in [0.2, 0.25) is 0 Å². The summed E-state index contributed by atoms with van der Waals surface area (Å²) in [7, 11) is 0. The quantitative estimate of drug-likeness (QED) is 0.781. The van der Waals surface area contributed by atoms with Gasteiger partial charge < -0.3 is 14.4 Å². The van der Waals surface area contributed by atoms with Crippen LogP contribution in [0.1, 0.15) is 11.3 Å². The maximum atomic E-state index is 9.02. The van der Waals surface area contributed by atoms with Crippen molar-refractivity contribution in [2.45, 2.75) is 13.2 Å². The molecule has 3 aromatic rings. The first-order chi connectivity index (χ1) is 10.3. The van der Waals surface area contributed by atoms with Crippen LogP contribution in [0.25, 0.3) is 5.69 Å². The summed E-state index contributed by atoms with van der Waals surface area (Å²) in [5.74, 6) is 0.824. The summed E-state index contributed by atoms with van der Waals surface area (Å²) >= 11 is 0. The predicted molar refractivity (Wildman–Crippen MR) is 80.3 cm³/mol. The summed E-state index contributed by atoms with van der Waals surface area (Å²) in [6.45, 7) is 0.505. The van der Waals surface area contributed by atoms with Crippen molar-refractivity contribution in [2.75, 3.05) is 0 Å². The van der Waals surface area contributed by atoms with E-state index in [9.17, 15) is 0 Å². The average Bonchev–Trinajstić information content (AvgIpc) is 3.03. The fourth-order valence-corrected chi connectivity index (χ4v) is 2.04. The van der Waals surface area contributed by atoms with Crippen LogP contribution in [-0.2, 0) is 13.2 Å². The fraction of sp³-hybridized carbons (Fsp3) is 0.118. The van der Waals surface area contributed by atoms with E-state index >= 15 is 0 Å². The van der Waals surface area contributed by atoms with Crippen molar-refractivity contribution in [3.05, 3.63) is 78.4 Å². The van der Waals surface area contributed by atoms with Crippen molar-refractivity contribution >= 4 is 0 Å². The highest BCUT2D eigenvalue weighted by Crippen LogP contribution is 2.17. The lowest BCUT2D eigenvalue weighted by Gasteiger charge is -2.07. The van der Waals surface area contributed by atoms with E-state index in [0.29, 0.717) is 12.3 Å². The van der Waals surface area contributed by atoms with Crippen LogP contribution in [0.4, 0.5) is 0 Å². The van der Waals surface area contributed by atoms with Gasteiger partial charge in [-0.2, -0.15) is 0 Å². The average molecular weight is 280 g/mol. The minimum atomic E-state index is -0.0503. The van der Waals surface area contributed by atoms with E-state index in [2.05, 4.69) is 4.98 Å². The number of ether oxygens (including phenoxy) is 1. The molecule has 0 fully saturated rings. The van der Waals surface area contributed by atoms with Crippen molar-refractivity contribution < 1.29 is 9.84 Å². The molecule has 0 aliphatic carbocycles. The molecule has 0 atom stereocenters. The van der Waals surface area contributed by atoms with Gasteiger partial charge in [-0.05, 0) is 29.8 Å². The van der Waals surface area contributed by atoms with Gasteiger partial charge in [0, 0.05) is 11.9 Å². The SMILES string of the molecule is OCc1cn(-c2ccc(OCc3ccccc3)cc2)cn1. The molecule has 0 saturated carbocycles. The third-order valence-corrected chi connectivity index (χ3v) is 3.18. The smallest absolute Gasteiger partial charge is 0.119 e. The van der Waals surface area contributed by atoms with Gasteiger partial charge in [0.1, 0.15) is 12.4 Å². The van der Waals surface area contributed by atoms with E-state index in [4.69, 9.17) is 9.84 Å². The monoisotopic (exact) mass is 280 g/mol. The molecule has 0 unspecified atom stereocenters. The minimum Gasteiger partial charge on any atom is -0.489 e. The van der Waals surface area contributed by atoms with Gasteiger partial charge in [0.05, 0.1) is 18.6 Å². The van der Waals surface area contributed by atoms with Crippen molar-refractivity contribution in [1.82, 2.24) is 9.55 Å². The van der Waals surface area contributed by atoms with Gasteiger partial charge >= 0.3 is 0 Å². The first-order valence-corrected chi connectivity index (χ1v) is 6.76. The first-order valence-electron chi connectivity index (χ1n) is 6.76. The Kier molecular flexibility index (Phi) is 3.98. The largest absolute Gasteiger partial charge is 0.489 e. The second-order valence-electron chi connectivity index (χ2n) is 4.70. The molecule has 106 valence electrons. The Balaban J connectivity index is 1.66. The summed E-state index contributed by atoms with van der Waals surface area (Å²) in [5.41, 5.74) is 2.78. The Morgan fingerprint density at radius 3 is 2.43 bits per heavy atom. The number of aliphatic hydroxyl groups excluding tert-OH is 1. The highest BCUT2D eigenvalue weighted by atomic mass is 16.5. The Labute approximate surface area is 123 Å². The molecule has 3 rings (SSSR count). The summed E-state index contributed by atoms with van der Waals surface area (Å²) in [4.78, 5) is 4.09. The molecule has 4 heteroatoms. The molecule has 1 aromatic heterocycles. The summed E-state index contributed by atoms with van der Waals surface area (Å²) in [5, 5.41) is 9.02. The van der Waals surface area contributed by atoms with E-state index in [1.807, 2.05) is 59.2 Å². The summed E-state index contributed by atoms with van der Waals surface area (Å²) < 4.78 is 7.61. The zero-order chi connectivity index (χ0) is 14.5. The lowest BCUT2D eigenvalue weighted by molar-refractivity contribution is 0.277. The van der Waals surface area contributed by atoms with E-state index < -0.39 is 0 Å². The van der Waals surface area contributed by atoms with Gasteiger partial charge in [0.15, 0.2) is 0 Å². The second-order valence-corrected chi connectivity index (χ2v) is 4.70. The number of aliphatic hydroxyl groups is 1. The van der Waals surface area contributed by atoms with Gasteiger partial charge in [0.2, 0.25) is 0 Å². The molecule has 0 aliphatic rings. The van der Waals surface area contributed by atoms with Crippen LogP contribution in [-0.4, -0.2) is 14.7 Å². The van der Waals surface area contributed by atoms with Crippen molar-refractivity contribution in [2.24, 2.45) is 0 Å². The van der Waals surface area contributed by atoms with E-state index in [0.717, 1.165) is 17.0 Å². The lowest BCUT2D eigenvalue weighted by Crippen LogP contribution is -1.95. The Bertz CT molecular complexity index is 690. The van der Waals surface area contributed by atoms with Crippen LogP contribution in [0.15, 0.2) is 67.1 Å². The number of hydrogen-bond donors (Lipinski definition) is 1. The number of imidazole rings is 1. The minimum absolute atomic E-state index is 0.0503. The van der Waals surface area contributed by atoms with Crippen LogP contribution < -0.4 is 4.74 Å². The Morgan fingerprint density at radius 2 is 1.76 bits per heavy atom. The molecule has 0 amide bonds. The number of aromatic nitrogens is 2. The van der Waals surface area contributed by atoms with Crippen molar-refractivity contribution in [3.63, 3.8) is 0 Å². The standard InChI is InChI=1S/C17H16N2O2/c20-11-15-10-19(13-18-15)16-6-8-17(9-7-16)21-12-14-4-2-1-3-5-14/h1-10,13,20H,11-12H2. The van der Waals surface area contributed by atoms with Crippen LogP contribution >= 0.6 is 0 Å². The van der Waals surface area contributed by atoms with Crippen molar-refractivity contribution in [3.8, 4) is 11.4 Å². The molecule has 0 spiro atoms. The van der Waals surface area contributed by atoms with Gasteiger partial charge in [-0.15, -0.1) is 0 Å². The summed E-state index contributed by atoms with van der Waals surface area (Å²) in [6.07, 6.45) is 3.49. The Hall–Kier alpha value is -2.59. The molecular weight excluding hydrogens is 264 g/mol. The normalized spacial score (nSPS) is 10.5. The molecule has 1 heterocycles. The molecule has 0 bridgehead atoms. The van der Waals surface area contributed by atoms with Crippen LogP contribution in [0, 0.1) is 0 Å². The fourth-order valence-electron chi connectivity index (χ4n) is 2.04. The second kappa shape index (κ2) is 6.24. The molecule has 1 N–H and O–H groups in total. The van der Waals surface area contributed by atoms with E-state index in [1.54, 1.807) is 12.5 Å². The highest BCUT2D eigenvalue weighted by Gasteiger charge is 2.01. The number of benzene rings is 2. The van der Waals surface area contributed by atoms with E-state index in [1.165, 1.54) is 0 Å². The van der Waals surface area contributed by atoms with Crippen LogP contribution in [0.3, 0.4) is 0 Å². The molecule has 0 aliphatic heterocycles. The van der Waals surface area contributed by atoms with Gasteiger partial charge in [-0.3, -0.25) is 0 Å². The maximum Gasteiger partial charge on any atom is 0.119 e. The Morgan fingerprint density at radius 1 is 1.00 bits per heavy atom. The van der Waals surface area contributed by atoms with Gasteiger partial charge in [0.25, 0.3) is 0 Å². The molecular formula is C17H16N2O2. The van der Waals surface area contributed by atoms with Gasteiger partial charge in [-0.25, -0.2) is 4.98 Å². The van der Waals surface area contributed by atoms with Crippen molar-refractivity contribution in [1.29, 1.82) is 0 Å². The maximum absolute atomic E-state index is 9.02. The molecule has 0 saturated heterocycles. The lowest BCUT2D eigenvalue weighted by atomic mass is 10.2.